The van der Waals surface area contributed by atoms with E-state index in [1.54, 1.807) is 11.3 Å². The smallest absolute Gasteiger partial charge is 0.162 e. The minimum absolute atomic E-state index is 0.723. The van der Waals surface area contributed by atoms with Crippen molar-refractivity contribution in [3.8, 4) is 39.5 Å². The summed E-state index contributed by atoms with van der Waals surface area (Å²) in [5.41, 5.74) is 9.04. The van der Waals surface area contributed by atoms with Crippen molar-refractivity contribution in [1.82, 2.24) is 14.5 Å². The lowest BCUT2D eigenvalue weighted by atomic mass is 9.97. The van der Waals surface area contributed by atoms with Crippen molar-refractivity contribution in [2.75, 3.05) is 0 Å². The molecule has 4 heteroatoms. The maximum Gasteiger partial charge on any atom is 0.162 e. The second kappa shape index (κ2) is 11.5. The van der Waals surface area contributed by atoms with E-state index in [1.807, 2.05) is 6.07 Å². The zero-order valence-corrected chi connectivity index (χ0v) is 28.8. The molecule has 3 aromatic heterocycles. The summed E-state index contributed by atoms with van der Waals surface area (Å²) in [5, 5.41) is 8.49. The molecule has 0 fully saturated rings. The van der Waals surface area contributed by atoms with Gasteiger partial charge in [0.2, 0.25) is 0 Å². The third-order valence-corrected chi connectivity index (χ3v) is 11.5. The molecule has 11 rings (SSSR count). The molecule has 0 unspecified atom stereocenters. The highest BCUT2D eigenvalue weighted by Crippen LogP contribution is 2.44. The van der Waals surface area contributed by atoms with Gasteiger partial charge >= 0.3 is 0 Å². The Kier molecular flexibility index (Phi) is 6.42. The lowest BCUT2D eigenvalue weighted by molar-refractivity contribution is 1.08. The Bertz CT molecular complexity index is 3180. The van der Waals surface area contributed by atoms with Gasteiger partial charge in [-0.25, -0.2) is 9.97 Å². The lowest BCUT2D eigenvalue weighted by Gasteiger charge is -2.11. The quantitative estimate of drug-likeness (QED) is 0.185. The van der Waals surface area contributed by atoms with Gasteiger partial charge in [0, 0.05) is 26.4 Å². The van der Waals surface area contributed by atoms with Crippen LogP contribution in [0, 0.1) is 0 Å². The van der Waals surface area contributed by atoms with Crippen LogP contribution in [0.3, 0.4) is 0 Å². The van der Waals surface area contributed by atoms with Gasteiger partial charge in [0.15, 0.2) is 11.6 Å². The van der Waals surface area contributed by atoms with Gasteiger partial charge in [-0.2, -0.15) is 0 Å². The van der Waals surface area contributed by atoms with Gasteiger partial charge in [0.25, 0.3) is 0 Å². The topological polar surface area (TPSA) is 30.7 Å². The average molecular weight is 680 g/mol. The van der Waals surface area contributed by atoms with Crippen LogP contribution in [0.2, 0.25) is 0 Å². The van der Waals surface area contributed by atoms with Crippen LogP contribution in [0.1, 0.15) is 0 Å². The first-order valence-corrected chi connectivity index (χ1v) is 18.4. The van der Waals surface area contributed by atoms with Gasteiger partial charge in [0.1, 0.15) is 0 Å². The summed E-state index contributed by atoms with van der Waals surface area (Å²) in [6.07, 6.45) is 0. The molecule has 0 amide bonds. The molecule has 0 N–H and O–H groups in total. The Morgan fingerprint density at radius 3 is 1.77 bits per heavy atom. The van der Waals surface area contributed by atoms with Crippen LogP contribution in [-0.2, 0) is 0 Å². The Hall–Kier alpha value is -6.62. The molecule has 0 radical (unpaired) electrons. The lowest BCUT2D eigenvalue weighted by Crippen LogP contribution is -2.01. The first-order chi connectivity index (χ1) is 25.8. The Labute approximate surface area is 303 Å². The van der Waals surface area contributed by atoms with Crippen LogP contribution in [-0.4, -0.2) is 14.5 Å². The van der Waals surface area contributed by atoms with Crippen molar-refractivity contribution in [1.29, 1.82) is 0 Å². The fraction of sp³-hybridized carbons (Fsp3) is 0. The Morgan fingerprint density at radius 1 is 0.404 bits per heavy atom. The van der Waals surface area contributed by atoms with Crippen molar-refractivity contribution >= 4 is 75.0 Å². The second-order valence-electron chi connectivity index (χ2n) is 13.4. The van der Waals surface area contributed by atoms with Crippen LogP contribution in [0.5, 0.6) is 0 Å². The van der Waals surface area contributed by atoms with E-state index in [0.717, 1.165) is 38.5 Å². The summed E-state index contributed by atoms with van der Waals surface area (Å²) in [4.78, 5) is 10.8. The third-order valence-electron chi connectivity index (χ3n) is 10.4. The van der Waals surface area contributed by atoms with E-state index < -0.39 is 0 Å². The van der Waals surface area contributed by atoms with Gasteiger partial charge in [-0.15, -0.1) is 11.3 Å². The van der Waals surface area contributed by atoms with E-state index in [-0.39, 0.29) is 0 Å². The zero-order chi connectivity index (χ0) is 34.2. The SMILES string of the molecule is c1ccc(-c2cccc(-c3ccc4c(c3)c3c5ccccc5ccc3n4-c3nc(-c4ccccc4)nc4c3sc3ccc5ccccc5c34)c2)cc1. The zero-order valence-electron chi connectivity index (χ0n) is 28.0. The van der Waals surface area contributed by atoms with Gasteiger partial charge in [-0.3, -0.25) is 4.57 Å². The average Bonchev–Trinajstić information content (AvgIpc) is 3.77. The number of aromatic nitrogens is 3. The number of nitrogens with zero attached hydrogens (tertiary/aromatic N) is 3. The second-order valence-corrected chi connectivity index (χ2v) is 14.4. The highest BCUT2D eigenvalue weighted by Gasteiger charge is 2.23. The molecule has 0 aliphatic carbocycles. The molecule has 242 valence electrons. The fourth-order valence-corrected chi connectivity index (χ4v) is 9.11. The largest absolute Gasteiger partial charge is 0.292 e. The highest BCUT2D eigenvalue weighted by molar-refractivity contribution is 7.26. The molecule has 3 nitrogen and oxygen atoms in total. The van der Waals surface area contributed by atoms with Crippen molar-refractivity contribution in [2.45, 2.75) is 0 Å². The number of hydrogen-bond donors (Lipinski definition) is 0. The highest BCUT2D eigenvalue weighted by atomic mass is 32.1. The number of hydrogen-bond acceptors (Lipinski definition) is 3. The van der Waals surface area contributed by atoms with E-state index >= 15 is 0 Å². The van der Waals surface area contributed by atoms with Gasteiger partial charge < -0.3 is 0 Å². The van der Waals surface area contributed by atoms with E-state index in [4.69, 9.17) is 9.97 Å². The summed E-state index contributed by atoms with van der Waals surface area (Å²) in [6, 6.07) is 63.1. The molecule has 0 bridgehead atoms. The Morgan fingerprint density at radius 2 is 1.00 bits per heavy atom. The molecule has 3 heterocycles. The minimum Gasteiger partial charge on any atom is -0.292 e. The van der Waals surface area contributed by atoms with Crippen LogP contribution < -0.4 is 0 Å². The molecule has 0 saturated carbocycles. The monoisotopic (exact) mass is 679 g/mol. The maximum atomic E-state index is 5.46. The molecule has 0 spiro atoms. The van der Waals surface area contributed by atoms with Crippen molar-refractivity contribution in [3.05, 3.63) is 176 Å². The van der Waals surface area contributed by atoms with Crippen LogP contribution in [0.4, 0.5) is 0 Å². The summed E-state index contributed by atoms with van der Waals surface area (Å²) in [6.45, 7) is 0. The summed E-state index contributed by atoms with van der Waals surface area (Å²) >= 11 is 1.78. The molecule has 8 aromatic carbocycles. The van der Waals surface area contributed by atoms with Crippen molar-refractivity contribution in [2.24, 2.45) is 0 Å². The van der Waals surface area contributed by atoms with Crippen LogP contribution in [0.15, 0.2) is 176 Å². The predicted octanol–water partition coefficient (Wildman–Crippen LogP) is 13.2. The molecule has 11 aromatic rings. The third kappa shape index (κ3) is 4.45. The van der Waals surface area contributed by atoms with E-state index in [2.05, 4.69) is 174 Å². The first-order valence-electron chi connectivity index (χ1n) is 17.6. The summed E-state index contributed by atoms with van der Waals surface area (Å²) in [7, 11) is 0. The number of rotatable bonds is 4. The van der Waals surface area contributed by atoms with E-state index in [1.165, 1.54) is 64.7 Å². The Balaban J connectivity index is 1.25. The van der Waals surface area contributed by atoms with Gasteiger partial charge in [-0.05, 0) is 74.1 Å². The minimum atomic E-state index is 0.723. The molecule has 52 heavy (non-hydrogen) atoms. The molecule has 0 atom stereocenters. The molecule has 0 saturated heterocycles. The van der Waals surface area contributed by atoms with Crippen LogP contribution in [0.25, 0.3) is 103 Å². The number of thiophene rings is 1. The molecular weight excluding hydrogens is 651 g/mol. The molecule has 0 aliphatic rings. The van der Waals surface area contributed by atoms with Crippen molar-refractivity contribution < 1.29 is 0 Å². The summed E-state index contributed by atoms with van der Waals surface area (Å²) < 4.78 is 4.67. The summed E-state index contributed by atoms with van der Waals surface area (Å²) in [5.74, 6) is 1.63. The molecular formula is C48H29N3S. The number of benzene rings is 8. The first kappa shape index (κ1) is 29.1. The van der Waals surface area contributed by atoms with Crippen LogP contribution >= 0.6 is 11.3 Å². The predicted molar refractivity (Wildman–Crippen MR) is 221 cm³/mol. The fourth-order valence-electron chi connectivity index (χ4n) is 7.97. The normalized spacial score (nSPS) is 11.8. The van der Waals surface area contributed by atoms with Gasteiger partial charge in [-0.1, -0.05) is 146 Å². The number of fused-ring (bicyclic) bond motifs is 10. The van der Waals surface area contributed by atoms with E-state index in [9.17, 15) is 0 Å². The van der Waals surface area contributed by atoms with Gasteiger partial charge in [0.05, 0.1) is 21.3 Å². The van der Waals surface area contributed by atoms with Crippen molar-refractivity contribution in [3.63, 3.8) is 0 Å². The standard InChI is InChI=1S/C48H29N3S/c1-3-12-30(13-4-1)34-18-11-19-35(28-34)36-23-25-40-39(29-36)43-37-20-9-7-14-31(37)22-26-41(43)51(40)48-46-45(49-47(50-48)33-16-5-2-6-17-33)44-38-21-10-8-15-32(38)24-27-42(44)52-46/h1-29H. The molecule has 0 aliphatic heterocycles. The van der Waals surface area contributed by atoms with E-state index in [0.29, 0.717) is 0 Å². The maximum absolute atomic E-state index is 5.46.